The predicted octanol–water partition coefficient (Wildman–Crippen LogP) is 1.69. The topological polar surface area (TPSA) is 66.8 Å². The van der Waals surface area contributed by atoms with E-state index in [0.29, 0.717) is 0 Å². The maximum absolute atomic E-state index is 11.7. The molecule has 1 heterocycles. The van der Waals surface area contributed by atoms with Crippen molar-refractivity contribution in [3.05, 3.63) is 0 Å². The van der Waals surface area contributed by atoms with Gasteiger partial charge in [-0.15, -0.1) is 11.6 Å². The standard InChI is InChI=1S/C10H16ClNO4/c1-10(2,3)16-9(15)12-5-6(11)4-7(12)8(13)14/h6-7H,4-5H2,1-3H3,(H,13,14). The van der Waals surface area contributed by atoms with Crippen LogP contribution in [0.3, 0.4) is 0 Å². The Morgan fingerprint density at radius 2 is 2.00 bits per heavy atom. The summed E-state index contributed by atoms with van der Waals surface area (Å²) in [6.07, 6.45) is -0.362. The molecule has 2 atom stereocenters. The number of nitrogens with zero attached hydrogens (tertiary/aromatic N) is 1. The summed E-state index contributed by atoms with van der Waals surface area (Å²) in [5.41, 5.74) is -0.634. The number of aliphatic carboxylic acids is 1. The number of alkyl halides is 1. The Morgan fingerprint density at radius 1 is 1.44 bits per heavy atom. The van der Waals surface area contributed by atoms with Crippen molar-refractivity contribution in [2.24, 2.45) is 0 Å². The van der Waals surface area contributed by atoms with Gasteiger partial charge in [-0.1, -0.05) is 0 Å². The fourth-order valence-corrected chi connectivity index (χ4v) is 1.86. The zero-order chi connectivity index (χ0) is 12.5. The molecule has 1 aliphatic rings. The minimum atomic E-state index is -1.05. The van der Waals surface area contributed by atoms with Crippen molar-refractivity contribution in [3.8, 4) is 0 Å². The Labute approximate surface area is 99.3 Å². The highest BCUT2D eigenvalue weighted by atomic mass is 35.5. The van der Waals surface area contributed by atoms with Crippen LogP contribution in [0.25, 0.3) is 0 Å². The highest BCUT2D eigenvalue weighted by molar-refractivity contribution is 6.21. The van der Waals surface area contributed by atoms with E-state index < -0.39 is 23.7 Å². The van der Waals surface area contributed by atoms with E-state index in [0.717, 1.165) is 0 Å². The monoisotopic (exact) mass is 249 g/mol. The van der Waals surface area contributed by atoms with Crippen molar-refractivity contribution in [2.45, 2.75) is 44.2 Å². The van der Waals surface area contributed by atoms with Crippen LogP contribution in [-0.2, 0) is 9.53 Å². The first-order chi connectivity index (χ1) is 7.20. The summed E-state index contributed by atoms with van der Waals surface area (Å²) in [4.78, 5) is 23.8. The third-order valence-corrected chi connectivity index (χ3v) is 2.48. The highest BCUT2D eigenvalue weighted by Crippen LogP contribution is 2.24. The van der Waals surface area contributed by atoms with Crippen molar-refractivity contribution in [1.29, 1.82) is 0 Å². The number of hydrogen-bond donors (Lipinski definition) is 1. The van der Waals surface area contributed by atoms with Gasteiger partial charge in [-0.3, -0.25) is 4.90 Å². The molecule has 0 bridgehead atoms. The lowest BCUT2D eigenvalue weighted by molar-refractivity contribution is -0.142. The normalized spacial score (nSPS) is 25.6. The largest absolute Gasteiger partial charge is 0.480 e. The van der Waals surface area contributed by atoms with E-state index >= 15 is 0 Å². The Kier molecular flexibility index (Phi) is 3.68. The van der Waals surface area contributed by atoms with E-state index in [2.05, 4.69) is 0 Å². The van der Waals surface area contributed by atoms with E-state index in [1.165, 1.54) is 4.90 Å². The molecule has 1 saturated heterocycles. The maximum Gasteiger partial charge on any atom is 0.411 e. The van der Waals surface area contributed by atoms with Crippen molar-refractivity contribution in [3.63, 3.8) is 0 Å². The van der Waals surface area contributed by atoms with Gasteiger partial charge in [0.25, 0.3) is 0 Å². The molecule has 1 aliphatic heterocycles. The van der Waals surface area contributed by atoms with Crippen molar-refractivity contribution >= 4 is 23.7 Å². The number of amides is 1. The molecule has 0 aromatic rings. The molecule has 16 heavy (non-hydrogen) atoms. The second-order valence-corrected chi connectivity index (χ2v) is 5.44. The van der Waals surface area contributed by atoms with Gasteiger partial charge in [-0.05, 0) is 27.2 Å². The molecule has 2 unspecified atom stereocenters. The fraction of sp³-hybridized carbons (Fsp3) is 0.800. The second-order valence-electron chi connectivity index (χ2n) is 4.82. The summed E-state index contributed by atoms with van der Waals surface area (Å²) in [6, 6.07) is -0.877. The van der Waals surface area contributed by atoms with E-state index in [-0.39, 0.29) is 18.3 Å². The maximum atomic E-state index is 11.7. The summed E-state index contributed by atoms with van der Waals surface area (Å²) in [5, 5.41) is 8.62. The molecule has 1 rings (SSSR count). The number of halogens is 1. The molecule has 0 radical (unpaired) electrons. The molecule has 0 spiro atoms. The van der Waals surface area contributed by atoms with Crippen LogP contribution in [0.15, 0.2) is 0 Å². The fourth-order valence-electron chi connectivity index (χ4n) is 1.54. The average molecular weight is 250 g/mol. The molecule has 5 nitrogen and oxygen atoms in total. The molecule has 92 valence electrons. The SMILES string of the molecule is CC(C)(C)OC(=O)N1CC(Cl)CC1C(=O)O. The van der Waals surface area contributed by atoms with Gasteiger partial charge < -0.3 is 9.84 Å². The van der Waals surface area contributed by atoms with Gasteiger partial charge in [0.2, 0.25) is 0 Å². The van der Waals surface area contributed by atoms with Crippen LogP contribution in [0.1, 0.15) is 27.2 Å². The van der Waals surface area contributed by atoms with Crippen LogP contribution in [0.2, 0.25) is 0 Å². The predicted molar refractivity (Wildman–Crippen MR) is 58.6 cm³/mol. The number of ether oxygens (including phenoxy) is 1. The Morgan fingerprint density at radius 3 is 2.44 bits per heavy atom. The first-order valence-corrected chi connectivity index (χ1v) is 5.51. The molecule has 6 heteroatoms. The molecule has 0 aromatic carbocycles. The number of carboxylic acids is 1. The Bertz CT molecular complexity index is 300. The van der Waals surface area contributed by atoms with E-state index in [9.17, 15) is 9.59 Å². The quantitative estimate of drug-likeness (QED) is 0.718. The number of likely N-dealkylation sites (tertiary alicyclic amines) is 1. The smallest absolute Gasteiger partial charge is 0.411 e. The summed E-state index contributed by atoms with van der Waals surface area (Å²) in [6.45, 7) is 5.41. The van der Waals surface area contributed by atoms with Gasteiger partial charge in [-0.2, -0.15) is 0 Å². The van der Waals surface area contributed by atoms with Crippen LogP contribution < -0.4 is 0 Å². The minimum absolute atomic E-state index is 0.216. The lowest BCUT2D eigenvalue weighted by Gasteiger charge is -2.26. The van der Waals surface area contributed by atoms with Crippen molar-refractivity contribution in [1.82, 2.24) is 4.90 Å². The third kappa shape index (κ3) is 3.27. The highest BCUT2D eigenvalue weighted by Gasteiger charge is 2.40. The van der Waals surface area contributed by atoms with Crippen LogP contribution >= 0.6 is 11.6 Å². The molecule has 1 fully saturated rings. The first-order valence-electron chi connectivity index (χ1n) is 5.07. The lowest BCUT2D eigenvalue weighted by Crippen LogP contribution is -2.43. The molecule has 0 aliphatic carbocycles. The number of carbonyl (C=O) groups excluding carboxylic acids is 1. The van der Waals surface area contributed by atoms with E-state index in [4.69, 9.17) is 21.4 Å². The number of carboxylic acid groups (broad SMARTS) is 1. The number of hydrogen-bond acceptors (Lipinski definition) is 3. The van der Waals surface area contributed by atoms with Crippen LogP contribution in [0.4, 0.5) is 4.79 Å². The molecule has 1 N–H and O–H groups in total. The lowest BCUT2D eigenvalue weighted by atomic mass is 10.2. The van der Waals surface area contributed by atoms with Gasteiger partial charge in [0.1, 0.15) is 11.6 Å². The van der Waals surface area contributed by atoms with Gasteiger partial charge in [0, 0.05) is 6.54 Å². The van der Waals surface area contributed by atoms with Gasteiger partial charge in [-0.25, -0.2) is 9.59 Å². The summed E-state index contributed by atoms with van der Waals surface area (Å²) >= 11 is 5.85. The Hall–Kier alpha value is -0.970. The molecule has 1 amide bonds. The number of carbonyl (C=O) groups is 2. The van der Waals surface area contributed by atoms with Crippen LogP contribution in [0.5, 0.6) is 0 Å². The zero-order valence-corrected chi connectivity index (χ0v) is 10.3. The third-order valence-electron chi connectivity index (χ3n) is 2.16. The summed E-state index contributed by atoms with van der Waals surface area (Å²) in [7, 11) is 0. The van der Waals surface area contributed by atoms with Gasteiger partial charge >= 0.3 is 12.1 Å². The van der Waals surface area contributed by atoms with Crippen molar-refractivity contribution < 1.29 is 19.4 Å². The molecule has 0 aromatic heterocycles. The van der Waals surface area contributed by atoms with E-state index in [1.807, 2.05) is 0 Å². The second kappa shape index (κ2) is 4.49. The number of rotatable bonds is 1. The average Bonchev–Trinajstić information content (AvgIpc) is 2.44. The van der Waals surface area contributed by atoms with Gasteiger partial charge in [0.05, 0.1) is 5.38 Å². The minimum Gasteiger partial charge on any atom is -0.480 e. The molecular formula is C10H16ClNO4. The molecular weight excluding hydrogens is 234 g/mol. The molecule has 0 saturated carbocycles. The van der Waals surface area contributed by atoms with Gasteiger partial charge in [0.15, 0.2) is 0 Å². The van der Waals surface area contributed by atoms with Crippen molar-refractivity contribution in [2.75, 3.05) is 6.54 Å². The Balaban J connectivity index is 2.71. The summed E-state index contributed by atoms with van der Waals surface area (Å²) in [5.74, 6) is -1.05. The first kappa shape index (κ1) is 13.1. The van der Waals surface area contributed by atoms with E-state index in [1.54, 1.807) is 20.8 Å². The van der Waals surface area contributed by atoms with Crippen LogP contribution in [0, 0.1) is 0 Å². The zero-order valence-electron chi connectivity index (χ0n) is 9.57. The summed E-state index contributed by atoms with van der Waals surface area (Å²) < 4.78 is 5.12. The van der Waals surface area contributed by atoms with Crippen LogP contribution in [-0.4, -0.2) is 45.6 Å².